The Kier molecular flexibility index (Phi) is 4.75. The van der Waals surface area contributed by atoms with E-state index in [-0.39, 0.29) is 11.4 Å². The molecule has 1 fully saturated rings. The third kappa shape index (κ3) is 3.82. The van der Waals surface area contributed by atoms with Crippen LogP contribution in [0.1, 0.15) is 54.9 Å². The Balaban J connectivity index is 2.08. The van der Waals surface area contributed by atoms with Crippen LogP contribution in [0.3, 0.4) is 0 Å². The Hall–Kier alpha value is -1.86. The zero-order valence-corrected chi connectivity index (χ0v) is 11.9. The third-order valence-corrected chi connectivity index (χ3v) is 3.71. The molecule has 4 heteroatoms. The van der Waals surface area contributed by atoms with Crippen LogP contribution < -0.4 is 11.1 Å². The van der Waals surface area contributed by atoms with E-state index in [0.717, 1.165) is 18.4 Å². The molecule has 2 rings (SSSR count). The van der Waals surface area contributed by atoms with E-state index in [0.29, 0.717) is 12.1 Å². The number of carbonyl (C=O) groups is 1. The maximum Gasteiger partial charge on any atom is 0.253 e. The van der Waals surface area contributed by atoms with Crippen molar-refractivity contribution < 1.29 is 4.79 Å². The molecule has 1 amide bonds. The molecule has 0 aromatic carbocycles. The van der Waals surface area contributed by atoms with Gasteiger partial charge in [0.15, 0.2) is 0 Å². The highest BCUT2D eigenvalue weighted by Gasteiger charge is 2.28. The topological polar surface area (TPSA) is 68.0 Å². The number of nitrogens with one attached hydrogen (secondary N) is 1. The fourth-order valence-corrected chi connectivity index (χ4v) is 2.59. The lowest BCUT2D eigenvalue weighted by molar-refractivity contribution is 0.0882. The quantitative estimate of drug-likeness (QED) is 0.807. The zero-order chi connectivity index (χ0) is 14.4. The van der Waals surface area contributed by atoms with Crippen LogP contribution in [-0.4, -0.2) is 23.0 Å². The zero-order valence-electron chi connectivity index (χ0n) is 11.9. The Morgan fingerprint density at radius 2 is 2.15 bits per heavy atom. The standard InChI is InChI=1S/C16H21N3O/c1-16(7-3-2-4-8-16)19-15(20)14-10-13(6-5-9-17)11-18-12-14/h10-12H,2-4,7-9,17H2,1H3,(H,19,20). The molecule has 3 N–H and O–H groups in total. The highest BCUT2D eigenvalue weighted by molar-refractivity contribution is 5.94. The lowest BCUT2D eigenvalue weighted by Gasteiger charge is -2.34. The minimum absolute atomic E-state index is 0.0710. The number of rotatable bonds is 2. The predicted octanol–water partition coefficient (Wildman–Crippen LogP) is 1.84. The van der Waals surface area contributed by atoms with Gasteiger partial charge in [-0.05, 0) is 25.8 Å². The molecule has 0 aliphatic heterocycles. The van der Waals surface area contributed by atoms with Crippen molar-refractivity contribution in [1.82, 2.24) is 10.3 Å². The summed E-state index contributed by atoms with van der Waals surface area (Å²) in [5.41, 5.74) is 6.53. The Labute approximate surface area is 120 Å². The van der Waals surface area contributed by atoms with E-state index in [1.54, 1.807) is 18.5 Å². The lowest BCUT2D eigenvalue weighted by Crippen LogP contribution is -2.47. The van der Waals surface area contributed by atoms with E-state index in [1.807, 2.05) is 0 Å². The van der Waals surface area contributed by atoms with Gasteiger partial charge in [0.1, 0.15) is 0 Å². The van der Waals surface area contributed by atoms with Crippen LogP contribution in [0.5, 0.6) is 0 Å². The van der Waals surface area contributed by atoms with Gasteiger partial charge >= 0.3 is 0 Å². The molecule has 0 bridgehead atoms. The molecule has 1 aliphatic rings. The predicted molar refractivity (Wildman–Crippen MR) is 79.1 cm³/mol. The first kappa shape index (κ1) is 14.5. The average molecular weight is 271 g/mol. The van der Waals surface area contributed by atoms with Crippen molar-refractivity contribution in [3.05, 3.63) is 29.6 Å². The summed E-state index contributed by atoms with van der Waals surface area (Å²) < 4.78 is 0. The van der Waals surface area contributed by atoms with Crippen LogP contribution in [-0.2, 0) is 0 Å². The molecular weight excluding hydrogens is 250 g/mol. The molecule has 1 aliphatic carbocycles. The van der Waals surface area contributed by atoms with Crippen LogP contribution in [0, 0.1) is 11.8 Å². The number of pyridine rings is 1. The number of amides is 1. The largest absolute Gasteiger partial charge is 0.347 e. The van der Waals surface area contributed by atoms with Crippen molar-refractivity contribution in [3.63, 3.8) is 0 Å². The second kappa shape index (κ2) is 6.53. The minimum atomic E-state index is -0.0890. The summed E-state index contributed by atoms with van der Waals surface area (Å²) in [6.07, 6.45) is 8.92. The number of aromatic nitrogens is 1. The summed E-state index contributed by atoms with van der Waals surface area (Å²) in [5, 5.41) is 3.14. The molecule has 20 heavy (non-hydrogen) atoms. The first-order valence-corrected chi connectivity index (χ1v) is 7.09. The van der Waals surface area contributed by atoms with Crippen molar-refractivity contribution in [2.45, 2.75) is 44.6 Å². The van der Waals surface area contributed by atoms with Gasteiger partial charge in [0, 0.05) is 23.5 Å². The summed E-state index contributed by atoms with van der Waals surface area (Å²) in [6.45, 7) is 2.42. The number of hydrogen-bond acceptors (Lipinski definition) is 3. The van der Waals surface area contributed by atoms with Gasteiger partial charge in [0.25, 0.3) is 5.91 Å². The molecule has 1 aromatic heterocycles. The molecular formula is C16H21N3O. The first-order chi connectivity index (χ1) is 9.63. The molecule has 106 valence electrons. The Bertz CT molecular complexity index is 536. The second-order valence-corrected chi connectivity index (χ2v) is 5.54. The summed E-state index contributed by atoms with van der Waals surface area (Å²) in [4.78, 5) is 16.4. The van der Waals surface area contributed by atoms with Crippen molar-refractivity contribution in [2.24, 2.45) is 5.73 Å². The number of hydrogen-bond donors (Lipinski definition) is 2. The fourth-order valence-electron chi connectivity index (χ4n) is 2.59. The first-order valence-electron chi connectivity index (χ1n) is 7.09. The van der Waals surface area contributed by atoms with Crippen molar-refractivity contribution >= 4 is 5.91 Å². The highest BCUT2D eigenvalue weighted by Crippen LogP contribution is 2.27. The maximum absolute atomic E-state index is 12.3. The number of nitrogens with two attached hydrogens (primary N) is 1. The molecule has 0 radical (unpaired) electrons. The minimum Gasteiger partial charge on any atom is -0.347 e. The average Bonchev–Trinajstić information content (AvgIpc) is 2.45. The molecule has 1 heterocycles. The second-order valence-electron chi connectivity index (χ2n) is 5.54. The van der Waals surface area contributed by atoms with E-state index in [1.165, 1.54) is 19.3 Å². The van der Waals surface area contributed by atoms with E-state index >= 15 is 0 Å². The number of carbonyl (C=O) groups excluding carboxylic acids is 1. The Morgan fingerprint density at radius 1 is 1.40 bits per heavy atom. The smallest absolute Gasteiger partial charge is 0.253 e. The molecule has 0 unspecified atom stereocenters. The third-order valence-electron chi connectivity index (χ3n) is 3.71. The van der Waals surface area contributed by atoms with Gasteiger partial charge in [-0.2, -0.15) is 0 Å². The maximum atomic E-state index is 12.3. The molecule has 0 atom stereocenters. The van der Waals surface area contributed by atoms with Gasteiger partial charge in [-0.15, -0.1) is 0 Å². The summed E-state index contributed by atoms with van der Waals surface area (Å²) >= 11 is 0. The SMILES string of the molecule is CC1(NC(=O)c2cncc(C#CCN)c2)CCCCC1. The van der Waals surface area contributed by atoms with E-state index in [9.17, 15) is 4.79 Å². The lowest BCUT2D eigenvalue weighted by atomic mass is 9.83. The van der Waals surface area contributed by atoms with Gasteiger partial charge in [0.2, 0.25) is 0 Å². The van der Waals surface area contributed by atoms with E-state index in [4.69, 9.17) is 5.73 Å². The van der Waals surface area contributed by atoms with Crippen molar-refractivity contribution in [2.75, 3.05) is 6.54 Å². The van der Waals surface area contributed by atoms with Crippen LogP contribution in [0.15, 0.2) is 18.5 Å². The number of nitrogens with zero attached hydrogens (tertiary/aromatic N) is 1. The molecule has 0 saturated heterocycles. The van der Waals surface area contributed by atoms with Crippen molar-refractivity contribution in [3.8, 4) is 11.8 Å². The molecule has 1 aromatic rings. The summed E-state index contributed by atoms with van der Waals surface area (Å²) in [5.74, 6) is 5.59. The van der Waals surface area contributed by atoms with Gasteiger partial charge in [-0.25, -0.2) is 0 Å². The molecule has 4 nitrogen and oxygen atoms in total. The Morgan fingerprint density at radius 3 is 2.85 bits per heavy atom. The molecule has 1 saturated carbocycles. The van der Waals surface area contributed by atoms with Crippen LogP contribution in [0.2, 0.25) is 0 Å². The summed E-state index contributed by atoms with van der Waals surface area (Å²) in [7, 11) is 0. The van der Waals surface area contributed by atoms with Gasteiger partial charge in [-0.3, -0.25) is 9.78 Å². The van der Waals surface area contributed by atoms with Gasteiger partial charge in [0.05, 0.1) is 12.1 Å². The van der Waals surface area contributed by atoms with E-state index in [2.05, 4.69) is 29.1 Å². The van der Waals surface area contributed by atoms with Gasteiger partial charge in [-0.1, -0.05) is 31.1 Å². The fraction of sp³-hybridized carbons (Fsp3) is 0.500. The van der Waals surface area contributed by atoms with Gasteiger partial charge < -0.3 is 11.1 Å². The van der Waals surface area contributed by atoms with E-state index < -0.39 is 0 Å². The van der Waals surface area contributed by atoms with Crippen molar-refractivity contribution in [1.29, 1.82) is 0 Å². The summed E-state index contributed by atoms with van der Waals surface area (Å²) in [6, 6.07) is 1.76. The monoisotopic (exact) mass is 271 g/mol. The van der Waals surface area contributed by atoms with Crippen LogP contribution in [0.25, 0.3) is 0 Å². The highest BCUT2D eigenvalue weighted by atomic mass is 16.1. The molecule has 0 spiro atoms. The normalized spacial score (nSPS) is 16.9. The van der Waals surface area contributed by atoms with Crippen LogP contribution >= 0.6 is 0 Å². The van der Waals surface area contributed by atoms with Crippen LogP contribution in [0.4, 0.5) is 0 Å².